The van der Waals surface area contributed by atoms with Crippen LogP contribution in [0.1, 0.15) is 23.7 Å². The quantitative estimate of drug-likeness (QED) is 0.844. The van der Waals surface area contributed by atoms with Gasteiger partial charge in [-0.3, -0.25) is 4.79 Å². The minimum absolute atomic E-state index is 0.211. The summed E-state index contributed by atoms with van der Waals surface area (Å²) in [5.74, 6) is 0.463. The summed E-state index contributed by atoms with van der Waals surface area (Å²) >= 11 is 3.24. The Labute approximate surface area is 126 Å². The summed E-state index contributed by atoms with van der Waals surface area (Å²) in [6, 6.07) is 10.8. The Hall–Kier alpha value is -1.88. The molecule has 0 aliphatic heterocycles. The lowest BCUT2D eigenvalue weighted by molar-refractivity contribution is 0.102. The van der Waals surface area contributed by atoms with E-state index in [1.807, 2.05) is 31.2 Å². The number of hydrogen-bond acceptors (Lipinski definition) is 3. The van der Waals surface area contributed by atoms with Crippen molar-refractivity contribution in [3.05, 3.63) is 52.8 Å². The normalized spacial score (nSPS) is 10.1. The van der Waals surface area contributed by atoms with Gasteiger partial charge in [0.1, 0.15) is 10.4 Å². The molecule has 0 aliphatic rings. The number of anilines is 1. The standard InChI is InChI=1S/C15H15BrN2O2/c1-2-9-20-13-6-4-3-5-12(13)18-15(19)11-7-8-14(16)17-10-11/h3-8,10H,2,9H2,1H3,(H,18,19). The highest BCUT2D eigenvalue weighted by molar-refractivity contribution is 9.10. The molecule has 1 N–H and O–H groups in total. The van der Waals surface area contributed by atoms with Gasteiger partial charge >= 0.3 is 0 Å². The van der Waals surface area contributed by atoms with E-state index in [1.54, 1.807) is 12.1 Å². The largest absolute Gasteiger partial charge is 0.491 e. The number of rotatable bonds is 5. The number of pyridine rings is 1. The molecule has 0 atom stereocenters. The van der Waals surface area contributed by atoms with Crippen LogP contribution < -0.4 is 10.1 Å². The van der Waals surface area contributed by atoms with Gasteiger partial charge in [-0.2, -0.15) is 0 Å². The maximum atomic E-state index is 12.1. The first kappa shape index (κ1) is 14.5. The van der Waals surface area contributed by atoms with Gasteiger partial charge in [-0.1, -0.05) is 19.1 Å². The summed E-state index contributed by atoms with van der Waals surface area (Å²) in [5.41, 5.74) is 1.16. The third-order valence-corrected chi connectivity index (χ3v) is 3.06. The van der Waals surface area contributed by atoms with Crippen molar-refractivity contribution in [3.8, 4) is 5.75 Å². The lowest BCUT2D eigenvalue weighted by atomic mass is 10.2. The predicted molar refractivity (Wildman–Crippen MR) is 82.1 cm³/mol. The molecule has 1 aromatic heterocycles. The number of nitrogens with zero attached hydrogens (tertiary/aromatic N) is 1. The zero-order valence-electron chi connectivity index (χ0n) is 11.1. The highest BCUT2D eigenvalue weighted by Crippen LogP contribution is 2.24. The van der Waals surface area contributed by atoms with Gasteiger partial charge in [0, 0.05) is 6.20 Å². The van der Waals surface area contributed by atoms with Crippen LogP contribution in [0.25, 0.3) is 0 Å². The van der Waals surface area contributed by atoms with Gasteiger partial charge in [0.2, 0.25) is 0 Å². The number of halogens is 1. The number of hydrogen-bond donors (Lipinski definition) is 1. The van der Waals surface area contributed by atoms with E-state index in [0.29, 0.717) is 28.2 Å². The number of nitrogens with one attached hydrogen (secondary N) is 1. The van der Waals surface area contributed by atoms with E-state index in [-0.39, 0.29) is 5.91 Å². The first-order valence-corrected chi connectivity index (χ1v) is 7.14. The molecule has 1 amide bonds. The van der Waals surface area contributed by atoms with Crippen LogP contribution in [0.3, 0.4) is 0 Å². The lowest BCUT2D eigenvalue weighted by Crippen LogP contribution is -2.13. The second kappa shape index (κ2) is 7.05. The van der Waals surface area contributed by atoms with Gasteiger partial charge in [0.05, 0.1) is 17.9 Å². The topological polar surface area (TPSA) is 51.2 Å². The molecule has 0 spiro atoms. The number of carbonyl (C=O) groups excluding carboxylic acids is 1. The van der Waals surface area contributed by atoms with E-state index in [0.717, 1.165) is 6.42 Å². The molecule has 1 heterocycles. The van der Waals surface area contributed by atoms with Gasteiger partial charge in [-0.25, -0.2) is 4.98 Å². The fourth-order valence-corrected chi connectivity index (χ4v) is 1.85. The van der Waals surface area contributed by atoms with Crippen LogP contribution in [0.4, 0.5) is 5.69 Å². The molecule has 2 aromatic rings. The summed E-state index contributed by atoms with van der Waals surface area (Å²) in [5, 5.41) is 2.84. The summed E-state index contributed by atoms with van der Waals surface area (Å²) in [6.45, 7) is 2.65. The minimum Gasteiger partial charge on any atom is -0.491 e. The van der Waals surface area contributed by atoms with E-state index in [9.17, 15) is 4.79 Å². The summed E-state index contributed by atoms with van der Waals surface area (Å²) < 4.78 is 6.30. The Morgan fingerprint density at radius 3 is 2.80 bits per heavy atom. The third kappa shape index (κ3) is 3.81. The summed E-state index contributed by atoms with van der Waals surface area (Å²) in [7, 11) is 0. The van der Waals surface area contributed by atoms with Crippen molar-refractivity contribution in [2.75, 3.05) is 11.9 Å². The van der Waals surface area contributed by atoms with Gasteiger partial charge in [-0.05, 0) is 46.6 Å². The van der Waals surface area contributed by atoms with E-state index in [4.69, 9.17) is 4.74 Å². The fraction of sp³-hybridized carbons (Fsp3) is 0.200. The molecule has 1 aromatic carbocycles. The predicted octanol–water partition coefficient (Wildman–Crippen LogP) is 3.89. The number of carbonyl (C=O) groups is 1. The zero-order valence-corrected chi connectivity index (χ0v) is 12.7. The Kier molecular flexibility index (Phi) is 5.12. The molecule has 4 nitrogen and oxygen atoms in total. The van der Waals surface area contributed by atoms with Crippen LogP contribution in [0.2, 0.25) is 0 Å². The fourth-order valence-electron chi connectivity index (χ4n) is 1.61. The number of ether oxygens (including phenoxy) is 1. The molecule has 104 valence electrons. The Morgan fingerprint density at radius 2 is 2.10 bits per heavy atom. The van der Waals surface area contributed by atoms with Crippen molar-refractivity contribution >= 4 is 27.5 Å². The molecular weight excluding hydrogens is 320 g/mol. The first-order valence-electron chi connectivity index (χ1n) is 6.35. The van der Waals surface area contributed by atoms with Gasteiger partial charge in [0.15, 0.2) is 0 Å². The van der Waals surface area contributed by atoms with Gasteiger partial charge in [0.25, 0.3) is 5.91 Å². The Morgan fingerprint density at radius 1 is 1.30 bits per heavy atom. The van der Waals surface area contributed by atoms with Crippen LogP contribution in [0.15, 0.2) is 47.2 Å². The zero-order chi connectivity index (χ0) is 14.4. The van der Waals surface area contributed by atoms with Gasteiger partial charge in [-0.15, -0.1) is 0 Å². The molecule has 2 rings (SSSR count). The number of amides is 1. The molecule has 0 unspecified atom stereocenters. The van der Waals surface area contributed by atoms with Crippen LogP contribution in [0, 0.1) is 0 Å². The molecule has 0 fully saturated rings. The van der Waals surface area contributed by atoms with Crippen molar-refractivity contribution in [2.24, 2.45) is 0 Å². The van der Waals surface area contributed by atoms with Crippen molar-refractivity contribution in [2.45, 2.75) is 13.3 Å². The number of benzene rings is 1. The van der Waals surface area contributed by atoms with Crippen molar-refractivity contribution in [1.82, 2.24) is 4.98 Å². The van der Waals surface area contributed by atoms with E-state index >= 15 is 0 Å². The smallest absolute Gasteiger partial charge is 0.257 e. The maximum Gasteiger partial charge on any atom is 0.257 e. The van der Waals surface area contributed by atoms with Crippen molar-refractivity contribution in [1.29, 1.82) is 0 Å². The molecule has 0 radical (unpaired) electrons. The second-order valence-corrected chi connectivity index (χ2v) is 4.98. The number of aromatic nitrogens is 1. The molecular formula is C15H15BrN2O2. The minimum atomic E-state index is -0.211. The summed E-state index contributed by atoms with van der Waals surface area (Å²) in [4.78, 5) is 16.2. The lowest BCUT2D eigenvalue weighted by Gasteiger charge is -2.11. The molecule has 5 heteroatoms. The summed E-state index contributed by atoms with van der Waals surface area (Å²) in [6.07, 6.45) is 2.44. The molecule has 0 saturated heterocycles. The van der Waals surface area contributed by atoms with Crippen molar-refractivity contribution in [3.63, 3.8) is 0 Å². The molecule has 20 heavy (non-hydrogen) atoms. The van der Waals surface area contributed by atoms with Crippen molar-refractivity contribution < 1.29 is 9.53 Å². The van der Waals surface area contributed by atoms with Crippen LogP contribution in [0.5, 0.6) is 5.75 Å². The molecule has 0 saturated carbocycles. The molecule has 0 bridgehead atoms. The SMILES string of the molecule is CCCOc1ccccc1NC(=O)c1ccc(Br)nc1. The highest BCUT2D eigenvalue weighted by atomic mass is 79.9. The van der Waals surface area contributed by atoms with E-state index in [1.165, 1.54) is 6.20 Å². The van der Waals surface area contributed by atoms with Crippen LogP contribution >= 0.6 is 15.9 Å². The monoisotopic (exact) mass is 334 g/mol. The molecule has 0 aliphatic carbocycles. The number of para-hydroxylation sites is 2. The third-order valence-electron chi connectivity index (χ3n) is 2.59. The second-order valence-electron chi connectivity index (χ2n) is 4.17. The van der Waals surface area contributed by atoms with E-state index < -0.39 is 0 Å². The Bertz CT molecular complexity index is 585. The van der Waals surface area contributed by atoms with E-state index in [2.05, 4.69) is 26.2 Å². The average Bonchev–Trinajstić information content (AvgIpc) is 2.47. The van der Waals surface area contributed by atoms with Crippen LogP contribution in [-0.2, 0) is 0 Å². The Balaban J connectivity index is 2.13. The highest BCUT2D eigenvalue weighted by Gasteiger charge is 2.09. The average molecular weight is 335 g/mol. The first-order chi connectivity index (χ1) is 9.70. The van der Waals surface area contributed by atoms with Gasteiger partial charge < -0.3 is 10.1 Å². The van der Waals surface area contributed by atoms with Crippen LogP contribution in [-0.4, -0.2) is 17.5 Å². The maximum absolute atomic E-state index is 12.1.